The lowest BCUT2D eigenvalue weighted by Gasteiger charge is -2.34. The van der Waals surface area contributed by atoms with E-state index < -0.39 is 10.0 Å². The van der Waals surface area contributed by atoms with Crippen molar-refractivity contribution in [2.75, 3.05) is 20.1 Å². The number of rotatable bonds is 6. The zero-order valence-electron chi connectivity index (χ0n) is 11.3. The molecule has 0 heterocycles. The second-order valence-corrected chi connectivity index (χ2v) is 7.21. The maximum Gasteiger partial charge on any atom is 0.218 e. The van der Waals surface area contributed by atoms with Crippen LogP contribution in [0.2, 0.25) is 0 Å². The van der Waals surface area contributed by atoms with Gasteiger partial charge in [-0.05, 0) is 26.8 Å². The van der Waals surface area contributed by atoms with Gasteiger partial charge >= 0.3 is 0 Å². The smallest absolute Gasteiger partial charge is 0.218 e. The van der Waals surface area contributed by atoms with Gasteiger partial charge in [-0.1, -0.05) is 26.2 Å². The summed E-state index contributed by atoms with van der Waals surface area (Å²) in [7, 11) is -1.35. The molecule has 0 spiro atoms. The Morgan fingerprint density at radius 1 is 1.29 bits per heavy atom. The largest absolute Gasteiger partial charge is 0.318 e. The maximum absolute atomic E-state index is 12.4. The summed E-state index contributed by atoms with van der Waals surface area (Å²) in [6.07, 6.45) is 5.63. The minimum atomic E-state index is -3.14. The standard InChI is InChI=1S/C12H26N2O2S/c1-4-14(12-8-6-5-7-9-12)17(15,16)11(2)10-13-3/h11-13H,4-10H2,1-3H3. The van der Waals surface area contributed by atoms with E-state index >= 15 is 0 Å². The third-order valence-electron chi connectivity index (χ3n) is 3.62. The van der Waals surface area contributed by atoms with Crippen LogP contribution >= 0.6 is 0 Å². The van der Waals surface area contributed by atoms with E-state index in [0.717, 1.165) is 25.7 Å². The number of nitrogens with zero attached hydrogens (tertiary/aromatic N) is 1. The van der Waals surface area contributed by atoms with Crippen LogP contribution in [0.4, 0.5) is 0 Å². The minimum absolute atomic E-state index is 0.234. The van der Waals surface area contributed by atoms with Gasteiger partial charge < -0.3 is 5.32 Å². The molecule has 17 heavy (non-hydrogen) atoms. The lowest BCUT2D eigenvalue weighted by molar-refractivity contribution is 0.259. The molecule has 5 heteroatoms. The van der Waals surface area contributed by atoms with E-state index in [1.54, 1.807) is 18.3 Å². The average molecular weight is 262 g/mol. The Morgan fingerprint density at radius 2 is 1.88 bits per heavy atom. The molecular formula is C12H26N2O2S. The molecule has 1 saturated carbocycles. The Hall–Kier alpha value is -0.130. The molecule has 102 valence electrons. The van der Waals surface area contributed by atoms with Gasteiger partial charge in [-0.25, -0.2) is 8.42 Å². The first kappa shape index (κ1) is 14.9. The van der Waals surface area contributed by atoms with Crippen molar-refractivity contribution in [1.82, 2.24) is 9.62 Å². The van der Waals surface area contributed by atoms with Crippen LogP contribution in [0.1, 0.15) is 46.0 Å². The van der Waals surface area contributed by atoms with Crippen molar-refractivity contribution in [2.45, 2.75) is 57.2 Å². The zero-order valence-corrected chi connectivity index (χ0v) is 12.1. The summed E-state index contributed by atoms with van der Waals surface area (Å²) in [6.45, 7) is 4.85. The second kappa shape index (κ2) is 6.71. The average Bonchev–Trinajstić information content (AvgIpc) is 2.31. The van der Waals surface area contributed by atoms with Crippen LogP contribution in [0.25, 0.3) is 0 Å². The van der Waals surface area contributed by atoms with Crippen LogP contribution in [-0.4, -0.2) is 44.2 Å². The van der Waals surface area contributed by atoms with E-state index in [2.05, 4.69) is 5.32 Å². The van der Waals surface area contributed by atoms with Crippen molar-refractivity contribution in [3.8, 4) is 0 Å². The van der Waals surface area contributed by atoms with Crippen LogP contribution in [-0.2, 0) is 10.0 Å². The third-order valence-corrected chi connectivity index (χ3v) is 6.01. The van der Waals surface area contributed by atoms with Gasteiger partial charge in [-0.15, -0.1) is 0 Å². The quantitative estimate of drug-likeness (QED) is 0.790. The molecule has 0 aromatic carbocycles. The molecule has 1 aliphatic carbocycles. The Morgan fingerprint density at radius 3 is 2.35 bits per heavy atom. The molecule has 0 saturated heterocycles. The predicted molar refractivity (Wildman–Crippen MR) is 71.6 cm³/mol. The van der Waals surface area contributed by atoms with E-state index in [9.17, 15) is 8.42 Å². The summed E-state index contributed by atoms with van der Waals surface area (Å²) in [5.41, 5.74) is 0. The molecule has 1 unspecified atom stereocenters. The molecule has 0 aliphatic heterocycles. The Labute approximate surface area is 106 Å². The van der Waals surface area contributed by atoms with Gasteiger partial charge in [0, 0.05) is 19.1 Å². The SMILES string of the molecule is CCN(C1CCCCC1)S(=O)(=O)C(C)CNC. The number of nitrogens with one attached hydrogen (secondary N) is 1. The van der Waals surface area contributed by atoms with Crippen molar-refractivity contribution >= 4 is 10.0 Å². The Balaban J connectivity index is 2.77. The van der Waals surface area contributed by atoms with E-state index in [4.69, 9.17) is 0 Å². The maximum atomic E-state index is 12.4. The molecule has 0 aromatic rings. The van der Waals surface area contributed by atoms with Gasteiger partial charge in [0.25, 0.3) is 0 Å². The van der Waals surface area contributed by atoms with E-state index in [1.807, 2.05) is 6.92 Å². The molecule has 0 amide bonds. The third kappa shape index (κ3) is 3.66. The molecule has 1 fully saturated rings. The molecular weight excluding hydrogens is 236 g/mol. The molecule has 0 radical (unpaired) electrons. The first-order valence-corrected chi connectivity index (χ1v) is 8.19. The summed E-state index contributed by atoms with van der Waals surface area (Å²) in [4.78, 5) is 0. The van der Waals surface area contributed by atoms with Gasteiger partial charge in [-0.2, -0.15) is 4.31 Å². The van der Waals surface area contributed by atoms with Crippen LogP contribution < -0.4 is 5.32 Å². The van der Waals surface area contributed by atoms with Gasteiger partial charge in [-0.3, -0.25) is 0 Å². The van der Waals surface area contributed by atoms with Crippen LogP contribution in [0.3, 0.4) is 0 Å². The summed E-state index contributed by atoms with van der Waals surface area (Å²) in [6, 6.07) is 0.234. The highest BCUT2D eigenvalue weighted by Gasteiger charge is 2.33. The van der Waals surface area contributed by atoms with Crippen molar-refractivity contribution in [2.24, 2.45) is 0 Å². The lowest BCUT2D eigenvalue weighted by Crippen LogP contribution is -2.47. The molecule has 1 aliphatic rings. The molecule has 1 rings (SSSR count). The summed E-state index contributed by atoms with van der Waals surface area (Å²) in [5, 5.41) is 2.61. The minimum Gasteiger partial charge on any atom is -0.318 e. The number of sulfonamides is 1. The van der Waals surface area contributed by atoms with E-state index in [1.165, 1.54) is 6.42 Å². The van der Waals surface area contributed by atoms with Crippen molar-refractivity contribution in [1.29, 1.82) is 0 Å². The highest BCUT2D eigenvalue weighted by atomic mass is 32.2. The van der Waals surface area contributed by atoms with Gasteiger partial charge in [0.1, 0.15) is 0 Å². The van der Waals surface area contributed by atoms with Crippen molar-refractivity contribution in [3.05, 3.63) is 0 Å². The molecule has 1 atom stereocenters. The van der Waals surface area contributed by atoms with Gasteiger partial charge in [0.2, 0.25) is 10.0 Å². The summed E-state index contributed by atoms with van der Waals surface area (Å²) < 4.78 is 26.6. The van der Waals surface area contributed by atoms with Gasteiger partial charge in [0.15, 0.2) is 0 Å². The molecule has 1 N–H and O–H groups in total. The number of hydrogen-bond acceptors (Lipinski definition) is 3. The predicted octanol–water partition coefficient (Wildman–Crippen LogP) is 1.58. The van der Waals surface area contributed by atoms with Crippen LogP contribution in [0, 0.1) is 0 Å². The highest BCUT2D eigenvalue weighted by Crippen LogP contribution is 2.25. The fourth-order valence-corrected chi connectivity index (χ4v) is 4.46. The monoisotopic (exact) mass is 262 g/mol. The van der Waals surface area contributed by atoms with Crippen molar-refractivity contribution in [3.63, 3.8) is 0 Å². The van der Waals surface area contributed by atoms with Crippen LogP contribution in [0.15, 0.2) is 0 Å². The zero-order chi connectivity index (χ0) is 12.9. The topological polar surface area (TPSA) is 49.4 Å². The van der Waals surface area contributed by atoms with Gasteiger partial charge in [0.05, 0.1) is 5.25 Å². The Kier molecular flexibility index (Phi) is 5.89. The Bertz CT molecular complexity index is 310. The summed E-state index contributed by atoms with van der Waals surface area (Å²) in [5.74, 6) is 0. The highest BCUT2D eigenvalue weighted by molar-refractivity contribution is 7.89. The van der Waals surface area contributed by atoms with Crippen molar-refractivity contribution < 1.29 is 8.42 Å². The second-order valence-electron chi connectivity index (χ2n) is 4.91. The van der Waals surface area contributed by atoms with Crippen LogP contribution in [0.5, 0.6) is 0 Å². The van der Waals surface area contributed by atoms with E-state index in [0.29, 0.717) is 13.1 Å². The number of hydrogen-bond donors (Lipinski definition) is 1. The summed E-state index contributed by atoms with van der Waals surface area (Å²) >= 11 is 0. The molecule has 4 nitrogen and oxygen atoms in total. The fourth-order valence-electron chi connectivity index (χ4n) is 2.64. The molecule has 0 bridgehead atoms. The first-order valence-electron chi connectivity index (χ1n) is 6.69. The first-order chi connectivity index (χ1) is 8.04. The normalized spacial score (nSPS) is 20.7. The molecule has 0 aromatic heterocycles. The lowest BCUT2D eigenvalue weighted by atomic mass is 9.95. The fraction of sp³-hybridized carbons (Fsp3) is 1.00. The van der Waals surface area contributed by atoms with E-state index in [-0.39, 0.29) is 11.3 Å².